The third-order valence-electron chi connectivity index (χ3n) is 4.76. The smallest absolute Gasteiger partial charge is 0.317 e. The molecule has 1 fully saturated rings. The van der Waals surface area contributed by atoms with Crippen LogP contribution < -0.4 is 10.6 Å². The maximum atomic E-state index is 12.6. The molecule has 27 heavy (non-hydrogen) atoms. The second-order valence-electron chi connectivity index (χ2n) is 6.70. The number of piperidine rings is 1. The summed E-state index contributed by atoms with van der Waals surface area (Å²) in [5.41, 5.74) is 0.566. The molecule has 1 saturated heterocycles. The number of likely N-dealkylation sites (tertiary alicyclic amines) is 1. The van der Waals surface area contributed by atoms with E-state index in [1.807, 2.05) is 13.8 Å². The largest absolute Gasteiger partial charge is 0.508 e. The maximum absolute atomic E-state index is 12.6. The molecule has 0 aliphatic carbocycles. The van der Waals surface area contributed by atoms with Crippen molar-refractivity contribution in [1.29, 1.82) is 0 Å². The Morgan fingerprint density at radius 2 is 2.00 bits per heavy atom. The number of urea groups is 2. The minimum atomic E-state index is -0.873. The number of rotatable bonds is 6. The molecule has 8 heteroatoms. The summed E-state index contributed by atoms with van der Waals surface area (Å²) < 4.78 is 0. The van der Waals surface area contributed by atoms with Crippen LogP contribution in [0.2, 0.25) is 0 Å². The summed E-state index contributed by atoms with van der Waals surface area (Å²) in [6, 6.07) is 6.12. The monoisotopic (exact) mass is 378 g/mol. The van der Waals surface area contributed by atoms with Crippen molar-refractivity contribution in [3.05, 3.63) is 29.8 Å². The lowest BCUT2D eigenvalue weighted by Crippen LogP contribution is -2.52. The van der Waals surface area contributed by atoms with Gasteiger partial charge in [-0.2, -0.15) is 0 Å². The van der Waals surface area contributed by atoms with Crippen molar-refractivity contribution in [2.75, 3.05) is 32.7 Å². The molecule has 0 saturated carbocycles. The van der Waals surface area contributed by atoms with Gasteiger partial charge in [0, 0.05) is 32.2 Å². The van der Waals surface area contributed by atoms with Crippen molar-refractivity contribution < 1.29 is 19.8 Å². The fourth-order valence-electron chi connectivity index (χ4n) is 3.16. The van der Waals surface area contributed by atoms with Gasteiger partial charge in [-0.15, -0.1) is 0 Å². The van der Waals surface area contributed by atoms with Gasteiger partial charge in [-0.25, -0.2) is 9.59 Å². The number of carbonyl (C=O) groups is 2. The second-order valence-corrected chi connectivity index (χ2v) is 6.70. The Hall–Kier alpha value is -2.48. The third kappa shape index (κ3) is 6.02. The molecule has 1 aliphatic rings. The number of amides is 4. The molecule has 1 aromatic carbocycles. The van der Waals surface area contributed by atoms with E-state index in [9.17, 15) is 19.8 Å². The molecule has 1 heterocycles. The summed E-state index contributed by atoms with van der Waals surface area (Å²) >= 11 is 0. The van der Waals surface area contributed by atoms with Crippen LogP contribution in [0.5, 0.6) is 5.75 Å². The molecular weight excluding hydrogens is 348 g/mol. The van der Waals surface area contributed by atoms with Gasteiger partial charge in [-0.05, 0) is 44.4 Å². The fraction of sp³-hybridized carbons (Fsp3) is 0.579. The normalized spacial score (nSPS) is 15.9. The van der Waals surface area contributed by atoms with E-state index in [4.69, 9.17) is 0 Å². The van der Waals surface area contributed by atoms with Crippen LogP contribution in [0.1, 0.15) is 38.4 Å². The Morgan fingerprint density at radius 1 is 1.30 bits per heavy atom. The number of benzene rings is 1. The molecule has 1 atom stereocenters. The van der Waals surface area contributed by atoms with Crippen molar-refractivity contribution in [3.8, 4) is 5.75 Å². The van der Waals surface area contributed by atoms with Crippen LogP contribution in [0.3, 0.4) is 0 Å². The summed E-state index contributed by atoms with van der Waals surface area (Å²) in [5, 5.41) is 25.7. The highest BCUT2D eigenvalue weighted by atomic mass is 16.3. The molecule has 2 rings (SSSR count). The first-order valence-electron chi connectivity index (χ1n) is 9.49. The second kappa shape index (κ2) is 10.0. The molecule has 1 aliphatic heterocycles. The van der Waals surface area contributed by atoms with Gasteiger partial charge < -0.3 is 30.6 Å². The van der Waals surface area contributed by atoms with E-state index in [0.29, 0.717) is 44.6 Å². The van der Waals surface area contributed by atoms with E-state index in [-0.39, 0.29) is 30.4 Å². The zero-order valence-electron chi connectivity index (χ0n) is 16.0. The number of aromatic hydroxyl groups is 1. The summed E-state index contributed by atoms with van der Waals surface area (Å²) in [4.78, 5) is 27.7. The Balaban J connectivity index is 1.84. The van der Waals surface area contributed by atoms with E-state index < -0.39 is 6.10 Å². The highest BCUT2D eigenvalue weighted by Gasteiger charge is 2.25. The van der Waals surface area contributed by atoms with Crippen LogP contribution in [-0.4, -0.2) is 70.8 Å². The zero-order valence-corrected chi connectivity index (χ0v) is 16.0. The van der Waals surface area contributed by atoms with Gasteiger partial charge in [0.05, 0.1) is 12.6 Å². The Bertz CT molecular complexity index is 632. The first-order chi connectivity index (χ1) is 12.9. The van der Waals surface area contributed by atoms with Crippen molar-refractivity contribution in [3.63, 3.8) is 0 Å². The van der Waals surface area contributed by atoms with Crippen LogP contribution in [-0.2, 0) is 0 Å². The lowest BCUT2D eigenvalue weighted by Gasteiger charge is -2.34. The summed E-state index contributed by atoms with van der Waals surface area (Å²) in [6.45, 7) is 6.15. The van der Waals surface area contributed by atoms with Gasteiger partial charge >= 0.3 is 12.1 Å². The summed E-state index contributed by atoms with van der Waals surface area (Å²) in [7, 11) is 0. The molecule has 4 amide bonds. The lowest BCUT2D eigenvalue weighted by atomic mass is 10.1. The minimum absolute atomic E-state index is 0.00939. The first-order valence-corrected chi connectivity index (χ1v) is 9.49. The molecule has 0 spiro atoms. The molecule has 0 aromatic heterocycles. The Labute approximate surface area is 160 Å². The third-order valence-corrected chi connectivity index (χ3v) is 4.76. The van der Waals surface area contributed by atoms with E-state index in [1.165, 1.54) is 12.1 Å². The number of carbonyl (C=O) groups excluding carboxylic acids is 2. The standard InChI is InChI=1S/C19H30N4O4/c1-3-20-18(26)23-10-8-15(9-11-23)21-19(27)22(4-2)13-17(25)14-6-5-7-16(24)12-14/h5-7,12,15,17,24-25H,3-4,8-11,13H2,1-2H3,(H,20,26)(H,21,27). The molecule has 0 bridgehead atoms. The van der Waals surface area contributed by atoms with Crippen molar-refractivity contribution in [2.24, 2.45) is 0 Å². The van der Waals surface area contributed by atoms with Gasteiger partial charge in [0.25, 0.3) is 0 Å². The predicted octanol–water partition coefficient (Wildman–Crippen LogP) is 1.65. The van der Waals surface area contributed by atoms with Gasteiger partial charge in [0.15, 0.2) is 0 Å². The summed E-state index contributed by atoms with van der Waals surface area (Å²) in [6.07, 6.45) is 0.535. The minimum Gasteiger partial charge on any atom is -0.508 e. The molecule has 150 valence electrons. The van der Waals surface area contributed by atoms with Crippen LogP contribution in [0, 0.1) is 0 Å². The van der Waals surface area contributed by atoms with Crippen molar-refractivity contribution in [2.45, 2.75) is 38.8 Å². The highest BCUT2D eigenvalue weighted by molar-refractivity contribution is 5.75. The number of nitrogens with one attached hydrogen (secondary N) is 2. The predicted molar refractivity (Wildman–Crippen MR) is 103 cm³/mol. The fourth-order valence-corrected chi connectivity index (χ4v) is 3.16. The lowest BCUT2D eigenvalue weighted by molar-refractivity contribution is 0.119. The van der Waals surface area contributed by atoms with Crippen LogP contribution >= 0.6 is 0 Å². The Kier molecular flexibility index (Phi) is 7.72. The number of phenols is 1. The van der Waals surface area contributed by atoms with Crippen LogP contribution in [0.4, 0.5) is 9.59 Å². The quantitative estimate of drug-likeness (QED) is 0.604. The van der Waals surface area contributed by atoms with Gasteiger partial charge in [0.1, 0.15) is 5.75 Å². The van der Waals surface area contributed by atoms with Gasteiger partial charge in [-0.3, -0.25) is 0 Å². The van der Waals surface area contributed by atoms with Gasteiger partial charge in [0.2, 0.25) is 0 Å². The molecule has 4 N–H and O–H groups in total. The number of hydrogen-bond acceptors (Lipinski definition) is 4. The molecule has 0 radical (unpaired) electrons. The highest BCUT2D eigenvalue weighted by Crippen LogP contribution is 2.19. The maximum Gasteiger partial charge on any atom is 0.317 e. The molecule has 8 nitrogen and oxygen atoms in total. The molecule has 1 unspecified atom stereocenters. The molecular formula is C19H30N4O4. The summed E-state index contributed by atoms with van der Waals surface area (Å²) in [5.74, 6) is 0.0814. The molecule has 1 aromatic rings. The van der Waals surface area contributed by atoms with Gasteiger partial charge in [-0.1, -0.05) is 12.1 Å². The average Bonchev–Trinajstić information content (AvgIpc) is 2.66. The number of likely N-dealkylation sites (N-methyl/N-ethyl adjacent to an activating group) is 1. The van der Waals surface area contributed by atoms with Crippen LogP contribution in [0.15, 0.2) is 24.3 Å². The number of nitrogens with zero attached hydrogens (tertiary/aromatic N) is 2. The van der Waals surface area contributed by atoms with Crippen LogP contribution in [0.25, 0.3) is 0 Å². The van der Waals surface area contributed by atoms with E-state index >= 15 is 0 Å². The number of aliphatic hydroxyl groups is 1. The Morgan fingerprint density at radius 3 is 2.59 bits per heavy atom. The van der Waals surface area contributed by atoms with E-state index in [0.717, 1.165) is 0 Å². The van der Waals surface area contributed by atoms with Crippen molar-refractivity contribution >= 4 is 12.1 Å². The number of aliphatic hydroxyl groups excluding tert-OH is 1. The first kappa shape index (κ1) is 20.8. The van der Waals surface area contributed by atoms with E-state index in [2.05, 4.69) is 10.6 Å². The number of phenolic OH excluding ortho intramolecular Hbond substituents is 1. The topological polar surface area (TPSA) is 105 Å². The average molecular weight is 378 g/mol. The number of hydrogen-bond donors (Lipinski definition) is 4. The van der Waals surface area contributed by atoms with E-state index in [1.54, 1.807) is 21.9 Å². The SMILES string of the molecule is CCNC(=O)N1CCC(NC(=O)N(CC)CC(O)c2cccc(O)c2)CC1. The zero-order chi connectivity index (χ0) is 19.8. The van der Waals surface area contributed by atoms with Crippen molar-refractivity contribution in [1.82, 2.24) is 20.4 Å².